The van der Waals surface area contributed by atoms with Crippen molar-refractivity contribution in [3.05, 3.63) is 65.2 Å². The van der Waals surface area contributed by atoms with Gasteiger partial charge in [0, 0.05) is 0 Å². The summed E-state index contributed by atoms with van der Waals surface area (Å²) in [5.41, 5.74) is 5.25. The van der Waals surface area contributed by atoms with Crippen LogP contribution in [0.2, 0.25) is 0 Å². The van der Waals surface area contributed by atoms with Crippen molar-refractivity contribution < 1.29 is 14.9 Å². The Hall–Kier alpha value is -2.36. The minimum Gasteiger partial charge on any atom is -0.496 e. The molecule has 0 aliphatic rings. The van der Waals surface area contributed by atoms with Crippen molar-refractivity contribution in [2.24, 2.45) is 0 Å². The molecular weight excluding hydrogens is 300 g/mol. The van der Waals surface area contributed by atoms with Gasteiger partial charge in [0.15, 0.2) is 0 Å². The first kappa shape index (κ1) is 16.5. The highest BCUT2D eigenvalue weighted by Gasteiger charge is 2.10. The van der Waals surface area contributed by atoms with Crippen LogP contribution in [0.25, 0.3) is 21.9 Å². The normalized spacial score (nSPS) is 12.4. The highest BCUT2D eigenvalue weighted by atomic mass is 16.5. The Balaban J connectivity index is 2.06. The second-order valence-electron chi connectivity index (χ2n) is 6.10. The highest BCUT2D eigenvalue weighted by Crippen LogP contribution is 2.33. The molecule has 3 aromatic carbocycles. The van der Waals surface area contributed by atoms with Crippen molar-refractivity contribution in [1.82, 2.24) is 0 Å². The van der Waals surface area contributed by atoms with Crippen molar-refractivity contribution >= 4 is 10.8 Å². The molecule has 0 amide bonds. The van der Waals surface area contributed by atoms with Crippen LogP contribution in [0, 0.1) is 13.8 Å². The molecule has 3 rings (SSSR count). The van der Waals surface area contributed by atoms with Gasteiger partial charge in [-0.25, -0.2) is 0 Å². The zero-order chi connectivity index (χ0) is 17.3. The third-order valence-corrected chi connectivity index (χ3v) is 4.59. The van der Waals surface area contributed by atoms with E-state index in [4.69, 9.17) is 9.84 Å². The van der Waals surface area contributed by atoms with E-state index in [1.807, 2.05) is 24.3 Å². The van der Waals surface area contributed by atoms with E-state index in [1.165, 1.54) is 16.3 Å². The molecule has 0 fully saturated rings. The molecule has 0 radical (unpaired) electrons. The molecule has 1 unspecified atom stereocenters. The summed E-state index contributed by atoms with van der Waals surface area (Å²) in [5, 5.41) is 21.1. The van der Waals surface area contributed by atoms with E-state index < -0.39 is 6.10 Å². The molecule has 0 spiro atoms. The van der Waals surface area contributed by atoms with Gasteiger partial charge in [-0.1, -0.05) is 36.4 Å². The number of ether oxygens (including phenoxy) is 1. The number of rotatable bonds is 4. The SMILES string of the molecule is COc1cc(C)c2cc(-c3ccc(C(O)CO)cc3)ccc2c1C. The molecule has 3 nitrogen and oxygen atoms in total. The average molecular weight is 322 g/mol. The lowest BCUT2D eigenvalue weighted by atomic mass is 9.95. The molecule has 124 valence electrons. The van der Waals surface area contributed by atoms with Gasteiger partial charge in [-0.15, -0.1) is 0 Å². The van der Waals surface area contributed by atoms with E-state index in [-0.39, 0.29) is 6.61 Å². The predicted molar refractivity (Wildman–Crippen MR) is 97.5 cm³/mol. The number of hydrogen-bond acceptors (Lipinski definition) is 3. The first-order chi connectivity index (χ1) is 11.5. The second kappa shape index (κ2) is 6.63. The first-order valence-corrected chi connectivity index (χ1v) is 8.02. The predicted octanol–water partition coefficient (Wildman–Crippen LogP) is 4.16. The fourth-order valence-corrected chi connectivity index (χ4v) is 3.11. The number of benzene rings is 3. The Morgan fingerprint density at radius 2 is 1.58 bits per heavy atom. The number of fused-ring (bicyclic) bond motifs is 1. The summed E-state index contributed by atoms with van der Waals surface area (Å²) in [6, 6.07) is 16.1. The molecular formula is C21H22O3. The van der Waals surface area contributed by atoms with Gasteiger partial charge in [0.2, 0.25) is 0 Å². The van der Waals surface area contributed by atoms with Crippen LogP contribution in [0.4, 0.5) is 0 Å². The quantitative estimate of drug-likeness (QED) is 0.758. The fraction of sp³-hybridized carbons (Fsp3) is 0.238. The lowest BCUT2D eigenvalue weighted by Crippen LogP contribution is -2.01. The van der Waals surface area contributed by atoms with E-state index in [0.29, 0.717) is 0 Å². The number of aliphatic hydroxyl groups is 2. The van der Waals surface area contributed by atoms with Gasteiger partial charge in [-0.05, 0) is 64.6 Å². The van der Waals surface area contributed by atoms with Crippen molar-refractivity contribution in [3.63, 3.8) is 0 Å². The van der Waals surface area contributed by atoms with Crippen molar-refractivity contribution in [2.45, 2.75) is 20.0 Å². The smallest absolute Gasteiger partial charge is 0.122 e. The standard InChI is InChI=1S/C21H22O3/c1-13-10-21(24-3)14(2)18-9-8-17(11-19(13)18)15-4-6-16(7-5-15)20(23)12-22/h4-11,20,22-23H,12H2,1-3H3. The second-order valence-corrected chi connectivity index (χ2v) is 6.10. The van der Waals surface area contributed by atoms with Crippen LogP contribution >= 0.6 is 0 Å². The van der Waals surface area contributed by atoms with Crippen LogP contribution < -0.4 is 4.74 Å². The third-order valence-electron chi connectivity index (χ3n) is 4.59. The summed E-state index contributed by atoms with van der Waals surface area (Å²) < 4.78 is 5.45. The summed E-state index contributed by atoms with van der Waals surface area (Å²) >= 11 is 0. The maximum atomic E-state index is 9.69. The molecule has 3 aromatic rings. The largest absolute Gasteiger partial charge is 0.496 e. The molecule has 0 bridgehead atoms. The summed E-state index contributed by atoms with van der Waals surface area (Å²) in [6.45, 7) is 3.90. The zero-order valence-corrected chi connectivity index (χ0v) is 14.2. The molecule has 0 saturated heterocycles. The fourth-order valence-electron chi connectivity index (χ4n) is 3.11. The summed E-state index contributed by atoms with van der Waals surface area (Å²) in [6.07, 6.45) is -0.826. The van der Waals surface area contributed by atoms with Gasteiger partial charge in [-0.3, -0.25) is 0 Å². The van der Waals surface area contributed by atoms with Crippen LogP contribution in [0.5, 0.6) is 5.75 Å². The minimum atomic E-state index is -0.826. The van der Waals surface area contributed by atoms with E-state index in [2.05, 4.69) is 38.1 Å². The number of aliphatic hydroxyl groups excluding tert-OH is 2. The highest BCUT2D eigenvalue weighted by molar-refractivity contribution is 5.93. The van der Waals surface area contributed by atoms with Gasteiger partial charge in [0.1, 0.15) is 11.9 Å². The number of aryl methyl sites for hydroxylation is 2. The third kappa shape index (κ3) is 2.88. The molecule has 0 heterocycles. The Labute approximate surface area is 142 Å². The molecule has 3 heteroatoms. The zero-order valence-electron chi connectivity index (χ0n) is 14.2. The lowest BCUT2D eigenvalue weighted by Gasteiger charge is -2.13. The Morgan fingerprint density at radius 3 is 2.21 bits per heavy atom. The Morgan fingerprint density at radius 1 is 0.917 bits per heavy atom. The van der Waals surface area contributed by atoms with Crippen LogP contribution in [-0.4, -0.2) is 23.9 Å². The van der Waals surface area contributed by atoms with Crippen LogP contribution in [0.3, 0.4) is 0 Å². The molecule has 2 N–H and O–H groups in total. The van der Waals surface area contributed by atoms with Crippen molar-refractivity contribution in [2.75, 3.05) is 13.7 Å². The van der Waals surface area contributed by atoms with Crippen molar-refractivity contribution in [3.8, 4) is 16.9 Å². The van der Waals surface area contributed by atoms with E-state index in [1.54, 1.807) is 7.11 Å². The van der Waals surface area contributed by atoms with Crippen molar-refractivity contribution in [1.29, 1.82) is 0 Å². The Kier molecular flexibility index (Phi) is 4.56. The van der Waals surface area contributed by atoms with Crippen LogP contribution in [-0.2, 0) is 0 Å². The summed E-state index contributed by atoms with van der Waals surface area (Å²) in [5.74, 6) is 0.912. The first-order valence-electron chi connectivity index (χ1n) is 8.02. The van der Waals surface area contributed by atoms with Gasteiger partial charge in [0.05, 0.1) is 13.7 Å². The van der Waals surface area contributed by atoms with Gasteiger partial charge >= 0.3 is 0 Å². The maximum Gasteiger partial charge on any atom is 0.122 e. The van der Waals surface area contributed by atoms with E-state index in [9.17, 15) is 5.11 Å². The molecule has 0 aliphatic carbocycles. The monoisotopic (exact) mass is 322 g/mol. The molecule has 0 aliphatic heterocycles. The number of methoxy groups -OCH3 is 1. The summed E-state index contributed by atoms with van der Waals surface area (Å²) in [7, 11) is 1.70. The summed E-state index contributed by atoms with van der Waals surface area (Å²) in [4.78, 5) is 0. The van der Waals surface area contributed by atoms with Gasteiger partial charge in [-0.2, -0.15) is 0 Å². The molecule has 0 aromatic heterocycles. The molecule has 0 saturated carbocycles. The lowest BCUT2D eigenvalue weighted by molar-refractivity contribution is 0.0956. The molecule has 1 atom stereocenters. The van der Waals surface area contributed by atoms with E-state index in [0.717, 1.165) is 28.0 Å². The van der Waals surface area contributed by atoms with E-state index >= 15 is 0 Å². The van der Waals surface area contributed by atoms with Crippen LogP contribution in [0.15, 0.2) is 48.5 Å². The minimum absolute atomic E-state index is 0.268. The topological polar surface area (TPSA) is 49.7 Å². The maximum absolute atomic E-state index is 9.69. The van der Waals surface area contributed by atoms with Gasteiger partial charge in [0.25, 0.3) is 0 Å². The van der Waals surface area contributed by atoms with Crippen LogP contribution in [0.1, 0.15) is 22.8 Å². The molecule has 24 heavy (non-hydrogen) atoms. The Bertz CT molecular complexity index is 866. The number of hydrogen-bond donors (Lipinski definition) is 2. The van der Waals surface area contributed by atoms with Gasteiger partial charge < -0.3 is 14.9 Å². The average Bonchev–Trinajstić information content (AvgIpc) is 2.63.